The second kappa shape index (κ2) is 8.41. The number of aromatic hydroxyl groups is 1. The second-order valence-electron chi connectivity index (χ2n) is 5.44. The van der Waals surface area contributed by atoms with Crippen LogP contribution in [0, 0.1) is 0 Å². The minimum absolute atomic E-state index is 0.000769. The Labute approximate surface area is 159 Å². The fourth-order valence-electron chi connectivity index (χ4n) is 2.43. The van der Waals surface area contributed by atoms with Gasteiger partial charge in [-0.1, -0.05) is 42.1 Å². The molecular formula is C19H17N3O4S. The first-order chi connectivity index (χ1) is 13.1. The lowest BCUT2D eigenvalue weighted by Crippen LogP contribution is -2.21. The Morgan fingerprint density at radius 3 is 2.63 bits per heavy atom. The lowest BCUT2D eigenvalue weighted by atomic mass is 10.3. The zero-order valence-electron chi connectivity index (χ0n) is 14.5. The predicted octanol–water partition coefficient (Wildman–Crippen LogP) is 2.68. The van der Waals surface area contributed by atoms with Crippen molar-refractivity contribution in [3.05, 3.63) is 71.0 Å². The number of ether oxygens (including phenoxy) is 1. The van der Waals surface area contributed by atoms with Crippen LogP contribution in [0.1, 0.15) is 0 Å². The number of carbonyl (C=O) groups excluding carboxylic acids is 1. The van der Waals surface area contributed by atoms with Crippen LogP contribution in [0.25, 0.3) is 5.69 Å². The summed E-state index contributed by atoms with van der Waals surface area (Å²) in [5.41, 5.74) is 0.721. The number of methoxy groups -OCH3 is 1. The van der Waals surface area contributed by atoms with Gasteiger partial charge in [-0.3, -0.25) is 14.2 Å². The maximum Gasteiger partial charge on any atom is 0.262 e. The number of hydrogen-bond acceptors (Lipinski definition) is 6. The van der Waals surface area contributed by atoms with E-state index in [4.69, 9.17) is 4.74 Å². The maximum atomic E-state index is 12.3. The minimum Gasteiger partial charge on any atom is -0.495 e. The highest BCUT2D eigenvalue weighted by Crippen LogP contribution is 2.24. The Kier molecular flexibility index (Phi) is 5.77. The fourth-order valence-corrected chi connectivity index (χ4v) is 3.24. The van der Waals surface area contributed by atoms with E-state index in [0.29, 0.717) is 17.1 Å². The van der Waals surface area contributed by atoms with Crippen molar-refractivity contribution in [1.82, 2.24) is 9.55 Å². The zero-order chi connectivity index (χ0) is 19.2. The number of nitrogens with one attached hydrogen (secondary N) is 1. The molecule has 0 saturated heterocycles. The van der Waals surface area contributed by atoms with Crippen LogP contribution >= 0.6 is 11.8 Å². The average molecular weight is 383 g/mol. The van der Waals surface area contributed by atoms with E-state index in [0.717, 1.165) is 17.8 Å². The molecule has 1 heterocycles. The van der Waals surface area contributed by atoms with Crippen LogP contribution in [0.4, 0.5) is 5.69 Å². The van der Waals surface area contributed by atoms with Crippen molar-refractivity contribution in [3.63, 3.8) is 0 Å². The molecule has 0 spiro atoms. The largest absolute Gasteiger partial charge is 0.495 e. The number of aromatic nitrogens is 2. The minimum atomic E-state index is -0.429. The monoisotopic (exact) mass is 383 g/mol. The van der Waals surface area contributed by atoms with Crippen molar-refractivity contribution in [1.29, 1.82) is 0 Å². The normalized spacial score (nSPS) is 10.4. The lowest BCUT2D eigenvalue weighted by molar-refractivity contribution is -0.113. The molecule has 7 nitrogen and oxygen atoms in total. The van der Waals surface area contributed by atoms with Crippen molar-refractivity contribution < 1.29 is 14.6 Å². The van der Waals surface area contributed by atoms with Gasteiger partial charge >= 0.3 is 0 Å². The number of hydrogen-bond donors (Lipinski definition) is 2. The molecule has 0 aliphatic carbocycles. The molecule has 0 aliphatic rings. The Morgan fingerprint density at radius 1 is 1.19 bits per heavy atom. The summed E-state index contributed by atoms with van der Waals surface area (Å²) in [5.74, 6) is -0.130. The van der Waals surface area contributed by atoms with Gasteiger partial charge < -0.3 is 15.2 Å². The molecule has 3 aromatic rings. The molecule has 2 aromatic carbocycles. The van der Waals surface area contributed by atoms with E-state index in [1.54, 1.807) is 48.5 Å². The van der Waals surface area contributed by atoms with Gasteiger partial charge in [-0.15, -0.1) is 0 Å². The third-order valence-corrected chi connectivity index (χ3v) is 4.54. The van der Waals surface area contributed by atoms with Gasteiger partial charge in [-0.25, -0.2) is 0 Å². The maximum absolute atomic E-state index is 12.3. The van der Waals surface area contributed by atoms with Gasteiger partial charge in [0.15, 0.2) is 5.16 Å². The molecule has 0 unspecified atom stereocenters. The van der Waals surface area contributed by atoms with Gasteiger partial charge in [0.25, 0.3) is 5.56 Å². The van der Waals surface area contributed by atoms with Gasteiger partial charge in [0.05, 0.1) is 30.3 Å². The smallest absolute Gasteiger partial charge is 0.262 e. The van der Waals surface area contributed by atoms with Crippen molar-refractivity contribution in [3.8, 4) is 17.3 Å². The summed E-state index contributed by atoms with van der Waals surface area (Å²) in [6.45, 7) is 0. The van der Waals surface area contributed by atoms with Crippen LogP contribution in [-0.4, -0.2) is 33.4 Å². The van der Waals surface area contributed by atoms with Crippen molar-refractivity contribution in [2.45, 2.75) is 5.16 Å². The molecule has 1 aromatic heterocycles. The standard InChI is InChI=1S/C19H17N3O4S/c1-26-15-10-6-5-9-14(15)20-17(24)12-27-19-21-16(23)11-18(25)22(19)13-7-3-2-4-8-13/h2-11,23H,12H2,1H3,(H,20,24). The van der Waals surface area contributed by atoms with Crippen molar-refractivity contribution in [2.24, 2.45) is 0 Å². The molecule has 2 N–H and O–H groups in total. The Bertz CT molecular complexity index is 1010. The second-order valence-corrected chi connectivity index (χ2v) is 6.39. The van der Waals surface area contributed by atoms with Crippen LogP contribution < -0.4 is 15.6 Å². The van der Waals surface area contributed by atoms with Crippen LogP contribution in [0.5, 0.6) is 11.6 Å². The van der Waals surface area contributed by atoms with E-state index in [2.05, 4.69) is 10.3 Å². The van der Waals surface area contributed by atoms with Crippen LogP contribution in [-0.2, 0) is 4.79 Å². The average Bonchev–Trinajstić information content (AvgIpc) is 2.67. The number of amides is 1. The zero-order valence-corrected chi connectivity index (χ0v) is 15.3. The van der Waals surface area contributed by atoms with Gasteiger partial charge in [-0.2, -0.15) is 4.98 Å². The molecule has 1 amide bonds. The molecule has 138 valence electrons. The van der Waals surface area contributed by atoms with E-state index in [9.17, 15) is 14.7 Å². The van der Waals surface area contributed by atoms with E-state index >= 15 is 0 Å². The molecule has 0 radical (unpaired) electrons. The molecule has 0 saturated carbocycles. The third kappa shape index (κ3) is 4.48. The highest BCUT2D eigenvalue weighted by molar-refractivity contribution is 7.99. The molecular weight excluding hydrogens is 366 g/mol. The molecule has 27 heavy (non-hydrogen) atoms. The van der Waals surface area contributed by atoms with E-state index in [1.165, 1.54) is 11.7 Å². The number of carbonyl (C=O) groups is 1. The number of rotatable bonds is 6. The van der Waals surface area contributed by atoms with E-state index in [1.807, 2.05) is 6.07 Å². The van der Waals surface area contributed by atoms with Crippen LogP contribution in [0.15, 0.2) is 70.6 Å². The van der Waals surface area contributed by atoms with E-state index in [-0.39, 0.29) is 22.7 Å². The third-order valence-electron chi connectivity index (χ3n) is 3.60. The number of anilines is 1. The van der Waals surface area contributed by atoms with Crippen molar-refractivity contribution >= 4 is 23.4 Å². The Balaban J connectivity index is 1.80. The molecule has 0 fully saturated rings. The van der Waals surface area contributed by atoms with E-state index < -0.39 is 5.56 Å². The number of benzene rings is 2. The number of para-hydroxylation sites is 3. The highest BCUT2D eigenvalue weighted by Gasteiger charge is 2.14. The Hall–Kier alpha value is -3.26. The first kappa shape index (κ1) is 18.5. The topological polar surface area (TPSA) is 93.5 Å². The summed E-state index contributed by atoms with van der Waals surface area (Å²) >= 11 is 1.05. The Morgan fingerprint density at radius 2 is 1.89 bits per heavy atom. The van der Waals surface area contributed by atoms with Gasteiger partial charge in [0, 0.05) is 0 Å². The number of nitrogens with zero attached hydrogens (tertiary/aromatic N) is 2. The summed E-state index contributed by atoms with van der Waals surface area (Å²) in [6.07, 6.45) is 0. The van der Waals surface area contributed by atoms with Gasteiger partial charge in [0.2, 0.25) is 11.8 Å². The first-order valence-electron chi connectivity index (χ1n) is 8.02. The molecule has 3 rings (SSSR count). The fraction of sp³-hybridized carbons (Fsp3) is 0.105. The summed E-state index contributed by atoms with van der Waals surface area (Å²) in [7, 11) is 1.52. The highest BCUT2D eigenvalue weighted by atomic mass is 32.2. The predicted molar refractivity (Wildman–Crippen MR) is 104 cm³/mol. The summed E-state index contributed by atoms with van der Waals surface area (Å²) in [5, 5.41) is 12.7. The summed E-state index contributed by atoms with van der Waals surface area (Å²) in [6, 6.07) is 17.0. The van der Waals surface area contributed by atoms with Crippen LogP contribution in [0.3, 0.4) is 0 Å². The lowest BCUT2D eigenvalue weighted by Gasteiger charge is -2.12. The quantitative estimate of drug-likeness (QED) is 0.502. The number of thioether (sulfide) groups is 1. The molecule has 0 aliphatic heterocycles. The molecule has 0 atom stereocenters. The SMILES string of the molecule is COc1ccccc1NC(=O)CSc1nc(O)cc(=O)n1-c1ccccc1. The van der Waals surface area contributed by atoms with Gasteiger partial charge in [-0.05, 0) is 24.3 Å². The molecule has 0 bridgehead atoms. The van der Waals surface area contributed by atoms with Crippen LogP contribution in [0.2, 0.25) is 0 Å². The summed E-state index contributed by atoms with van der Waals surface area (Å²) < 4.78 is 6.55. The first-order valence-corrected chi connectivity index (χ1v) is 9.01. The van der Waals surface area contributed by atoms with Crippen molar-refractivity contribution in [2.75, 3.05) is 18.2 Å². The molecule has 8 heteroatoms. The summed E-state index contributed by atoms with van der Waals surface area (Å²) in [4.78, 5) is 28.6. The van der Waals surface area contributed by atoms with Gasteiger partial charge in [0.1, 0.15) is 5.75 Å².